The number of halogens is 1. The van der Waals surface area contributed by atoms with E-state index >= 15 is 0 Å². The van der Waals surface area contributed by atoms with Crippen molar-refractivity contribution >= 4 is 27.5 Å². The molecule has 1 saturated carbocycles. The minimum absolute atomic E-state index is 0.118. The van der Waals surface area contributed by atoms with E-state index in [4.69, 9.17) is 4.74 Å². The molecule has 4 heteroatoms. The van der Waals surface area contributed by atoms with Crippen molar-refractivity contribution in [3.8, 4) is 0 Å². The number of anilines is 1. The molecule has 0 aromatic heterocycles. The van der Waals surface area contributed by atoms with E-state index in [0.29, 0.717) is 18.4 Å². The summed E-state index contributed by atoms with van der Waals surface area (Å²) in [5, 5.41) is 4.02. The fraction of sp³-hybridized carbons (Fsp3) is 0.588. The number of carbonyl (C=O) groups excluding carboxylic acids is 1. The summed E-state index contributed by atoms with van der Waals surface area (Å²) < 4.78 is 5.53. The number of amides is 1. The van der Waals surface area contributed by atoms with Crippen LogP contribution in [-0.4, -0.2) is 23.9 Å². The van der Waals surface area contributed by atoms with Crippen LogP contribution in [0.4, 0.5) is 5.69 Å². The maximum atomic E-state index is 12.0. The third kappa shape index (κ3) is 5.44. The lowest BCUT2D eigenvalue weighted by atomic mass is 9.80. The van der Waals surface area contributed by atoms with Gasteiger partial charge in [-0.15, -0.1) is 0 Å². The molecule has 1 aromatic carbocycles. The van der Waals surface area contributed by atoms with E-state index < -0.39 is 0 Å². The van der Waals surface area contributed by atoms with E-state index in [1.165, 1.54) is 5.56 Å². The SMILES string of the molecule is CCOC1CC(CC(=O)Nc2cccc(CCCBr)c2)C1. The van der Waals surface area contributed by atoms with Crippen LogP contribution in [0.15, 0.2) is 24.3 Å². The van der Waals surface area contributed by atoms with Gasteiger partial charge >= 0.3 is 0 Å². The number of hydrogen-bond donors (Lipinski definition) is 1. The van der Waals surface area contributed by atoms with Gasteiger partial charge in [0.2, 0.25) is 5.91 Å². The Morgan fingerprint density at radius 1 is 1.43 bits per heavy atom. The van der Waals surface area contributed by atoms with Crippen LogP contribution < -0.4 is 5.32 Å². The van der Waals surface area contributed by atoms with Gasteiger partial charge < -0.3 is 10.1 Å². The number of carbonyl (C=O) groups is 1. The summed E-state index contributed by atoms with van der Waals surface area (Å²) in [5.74, 6) is 0.603. The van der Waals surface area contributed by atoms with Crippen LogP contribution in [0, 0.1) is 5.92 Å². The van der Waals surface area contributed by atoms with E-state index in [-0.39, 0.29) is 5.91 Å². The Hall–Kier alpha value is -0.870. The fourth-order valence-electron chi connectivity index (χ4n) is 2.76. The lowest BCUT2D eigenvalue weighted by molar-refractivity contribution is -0.119. The van der Waals surface area contributed by atoms with Crippen LogP contribution in [-0.2, 0) is 16.0 Å². The van der Waals surface area contributed by atoms with Crippen molar-refractivity contribution in [2.24, 2.45) is 5.92 Å². The second-order valence-corrected chi connectivity index (χ2v) is 6.45. The van der Waals surface area contributed by atoms with E-state index in [9.17, 15) is 4.79 Å². The van der Waals surface area contributed by atoms with Gasteiger partial charge in [-0.25, -0.2) is 0 Å². The maximum absolute atomic E-state index is 12.0. The first kappa shape index (κ1) is 16.5. The zero-order chi connectivity index (χ0) is 15.1. The number of aryl methyl sites for hydroxylation is 1. The van der Waals surface area contributed by atoms with Gasteiger partial charge in [0.05, 0.1) is 6.10 Å². The van der Waals surface area contributed by atoms with Crippen LogP contribution >= 0.6 is 15.9 Å². The minimum atomic E-state index is 0.118. The zero-order valence-corrected chi connectivity index (χ0v) is 14.2. The van der Waals surface area contributed by atoms with Crippen LogP contribution in [0.2, 0.25) is 0 Å². The smallest absolute Gasteiger partial charge is 0.224 e. The normalized spacial score (nSPS) is 20.9. The molecule has 0 heterocycles. The molecule has 0 unspecified atom stereocenters. The quantitative estimate of drug-likeness (QED) is 0.712. The highest BCUT2D eigenvalue weighted by Crippen LogP contribution is 2.32. The number of benzene rings is 1. The Bertz CT molecular complexity index is 458. The number of nitrogens with one attached hydrogen (secondary N) is 1. The van der Waals surface area contributed by atoms with Crippen LogP contribution in [0.25, 0.3) is 0 Å². The molecule has 1 aliphatic rings. The average molecular weight is 354 g/mol. The van der Waals surface area contributed by atoms with Crippen molar-refractivity contribution in [1.82, 2.24) is 0 Å². The van der Waals surface area contributed by atoms with E-state index in [1.807, 2.05) is 19.1 Å². The van der Waals surface area contributed by atoms with Crippen molar-refractivity contribution in [2.75, 3.05) is 17.3 Å². The van der Waals surface area contributed by atoms with E-state index in [2.05, 4.69) is 33.4 Å². The molecule has 116 valence electrons. The molecular formula is C17H24BrNO2. The topological polar surface area (TPSA) is 38.3 Å². The van der Waals surface area contributed by atoms with Crippen LogP contribution in [0.1, 0.15) is 38.2 Å². The van der Waals surface area contributed by atoms with Crippen LogP contribution in [0.3, 0.4) is 0 Å². The third-order valence-corrected chi connectivity index (χ3v) is 4.44. The summed E-state index contributed by atoms with van der Waals surface area (Å²) in [5.41, 5.74) is 2.18. The third-order valence-electron chi connectivity index (χ3n) is 3.88. The standard InChI is InChI=1S/C17H24BrNO2/c1-2-21-16-10-14(11-16)12-17(20)19-15-7-3-5-13(9-15)6-4-8-18/h3,5,7,9,14,16H,2,4,6,8,10-12H2,1H3,(H,19,20). The molecule has 1 amide bonds. The molecule has 2 rings (SSSR count). The fourth-order valence-corrected chi connectivity index (χ4v) is 3.04. The molecule has 0 bridgehead atoms. The molecule has 0 atom stereocenters. The summed E-state index contributed by atoms with van der Waals surface area (Å²) in [6.45, 7) is 2.79. The molecule has 0 spiro atoms. The Morgan fingerprint density at radius 2 is 2.24 bits per heavy atom. The lowest BCUT2D eigenvalue weighted by Crippen LogP contribution is -2.33. The molecule has 21 heavy (non-hydrogen) atoms. The predicted octanol–water partition coefficient (Wildman–Crippen LogP) is 4.16. The molecule has 1 fully saturated rings. The van der Waals surface area contributed by atoms with Crippen molar-refractivity contribution in [2.45, 2.75) is 45.1 Å². The molecule has 1 aliphatic carbocycles. The Kier molecular flexibility index (Phi) is 6.71. The molecule has 3 nitrogen and oxygen atoms in total. The molecule has 1 N–H and O–H groups in total. The van der Waals surface area contributed by atoms with Gasteiger partial charge in [0, 0.05) is 24.0 Å². The van der Waals surface area contributed by atoms with Crippen molar-refractivity contribution < 1.29 is 9.53 Å². The molecule has 1 aromatic rings. The average Bonchev–Trinajstić information content (AvgIpc) is 2.43. The van der Waals surface area contributed by atoms with Crippen molar-refractivity contribution in [3.63, 3.8) is 0 Å². The number of rotatable bonds is 8. The van der Waals surface area contributed by atoms with Gasteiger partial charge in [-0.05, 0) is 56.2 Å². The number of alkyl halides is 1. The van der Waals surface area contributed by atoms with Gasteiger partial charge in [0.15, 0.2) is 0 Å². The predicted molar refractivity (Wildman–Crippen MR) is 89.9 cm³/mol. The monoisotopic (exact) mass is 353 g/mol. The van der Waals surface area contributed by atoms with Gasteiger partial charge in [-0.1, -0.05) is 28.1 Å². The minimum Gasteiger partial charge on any atom is -0.378 e. The number of ether oxygens (including phenoxy) is 1. The second-order valence-electron chi connectivity index (χ2n) is 5.66. The van der Waals surface area contributed by atoms with Crippen LogP contribution in [0.5, 0.6) is 0 Å². The summed E-state index contributed by atoms with van der Waals surface area (Å²) in [6.07, 6.45) is 5.17. The van der Waals surface area contributed by atoms with Gasteiger partial charge in [-0.2, -0.15) is 0 Å². The summed E-state index contributed by atoms with van der Waals surface area (Å²) in [4.78, 5) is 12.0. The molecule has 0 saturated heterocycles. The summed E-state index contributed by atoms with van der Waals surface area (Å²) in [7, 11) is 0. The Morgan fingerprint density at radius 3 is 2.95 bits per heavy atom. The van der Waals surface area contributed by atoms with Crippen molar-refractivity contribution in [1.29, 1.82) is 0 Å². The number of hydrogen-bond acceptors (Lipinski definition) is 2. The first-order chi connectivity index (χ1) is 10.2. The lowest BCUT2D eigenvalue weighted by Gasteiger charge is -2.34. The largest absolute Gasteiger partial charge is 0.378 e. The Labute approximate surface area is 135 Å². The highest BCUT2D eigenvalue weighted by atomic mass is 79.9. The highest BCUT2D eigenvalue weighted by Gasteiger charge is 2.30. The van der Waals surface area contributed by atoms with Gasteiger partial charge in [0.25, 0.3) is 0 Å². The van der Waals surface area contributed by atoms with Gasteiger partial charge in [0.1, 0.15) is 0 Å². The molecule has 0 radical (unpaired) electrons. The van der Waals surface area contributed by atoms with Gasteiger partial charge in [-0.3, -0.25) is 4.79 Å². The molecular weight excluding hydrogens is 330 g/mol. The first-order valence-electron chi connectivity index (χ1n) is 7.77. The maximum Gasteiger partial charge on any atom is 0.224 e. The summed E-state index contributed by atoms with van der Waals surface area (Å²) >= 11 is 3.44. The Balaban J connectivity index is 1.75. The van der Waals surface area contributed by atoms with Crippen molar-refractivity contribution in [3.05, 3.63) is 29.8 Å². The highest BCUT2D eigenvalue weighted by molar-refractivity contribution is 9.09. The zero-order valence-electron chi connectivity index (χ0n) is 12.6. The second kappa shape index (κ2) is 8.54. The first-order valence-corrected chi connectivity index (χ1v) is 8.89. The molecule has 0 aliphatic heterocycles. The van der Waals surface area contributed by atoms with E-state index in [0.717, 1.165) is 43.3 Å². The van der Waals surface area contributed by atoms with E-state index in [1.54, 1.807) is 0 Å². The summed E-state index contributed by atoms with van der Waals surface area (Å²) in [6, 6.07) is 8.15.